The molecule has 0 fully saturated rings. The highest BCUT2D eigenvalue weighted by Gasteiger charge is 2.04. The molecule has 0 atom stereocenters. The fraction of sp³-hybridized carbons (Fsp3) is 0. The van der Waals surface area contributed by atoms with Crippen molar-refractivity contribution in [1.29, 1.82) is 0 Å². The predicted molar refractivity (Wildman–Crippen MR) is 72.6 cm³/mol. The fourth-order valence-electron chi connectivity index (χ4n) is 1.26. The Morgan fingerprint density at radius 1 is 1.39 bits per heavy atom. The standard InChI is InChI=1S/C11H8ClFN4S/c12-7-2-1-6(5-8(7)13)16-11-15-4-3-9(17-11)10(14)18/h1-5H,(H2,14,18)(H,15,16,17). The molecule has 0 aliphatic carbocycles. The Kier molecular flexibility index (Phi) is 3.69. The molecular weight excluding hydrogens is 275 g/mol. The molecule has 18 heavy (non-hydrogen) atoms. The third-order valence-corrected chi connectivity index (χ3v) is 2.60. The number of hydrogen-bond acceptors (Lipinski definition) is 4. The van der Waals surface area contributed by atoms with Crippen molar-refractivity contribution in [2.75, 3.05) is 5.32 Å². The average molecular weight is 283 g/mol. The first-order valence-electron chi connectivity index (χ1n) is 4.91. The van der Waals surface area contributed by atoms with Crippen LogP contribution in [0.25, 0.3) is 0 Å². The molecule has 0 aliphatic rings. The fourth-order valence-corrected chi connectivity index (χ4v) is 1.49. The molecule has 0 saturated carbocycles. The van der Waals surface area contributed by atoms with Crippen LogP contribution in [-0.4, -0.2) is 15.0 Å². The number of nitrogens with zero attached hydrogens (tertiary/aromatic N) is 2. The zero-order valence-electron chi connectivity index (χ0n) is 9.02. The lowest BCUT2D eigenvalue weighted by Gasteiger charge is -2.06. The van der Waals surface area contributed by atoms with Crippen LogP contribution in [0.2, 0.25) is 5.02 Å². The molecule has 1 heterocycles. The third kappa shape index (κ3) is 2.91. The minimum absolute atomic E-state index is 0.0540. The lowest BCUT2D eigenvalue weighted by atomic mass is 10.3. The molecule has 1 aromatic heterocycles. The summed E-state index contributed by atoms with van der Waals surface area (Å²) in [6, 6.07) is 5.90. The van der Waals surface area contributed by atoms with Crippen molar-refractivity contribution in [3.8, 4) is 0 Å². The Morgan fingerprint density at radius 3 is 2.83 bits per heavy atom. The van der Waals surface area contributed by atoms with E-state index in [-0.39, 0.29) is 16.0 Å². The summed E-state index contributed by atoms with van der Waals surface area (Å²) in [6.07, 6.45) is 1.51. The summed E-state index contributed by atoms with van der Waals surface area (Å²) in [5.41, 5.74) is 6.38. The van der Waals surface area contributed by atoms with Gasteiger partial charge in [0.15, 0.2) is 0 Å². The first-order valence-corrected chi connectivity index (χ1v) is 5.70. The summed E-state index contributed by atoms with van der Waals surface area (Å²) in [4.78, 5) is 8.22. The molecule has 0 amide bonds. The highest BCUT2D eigenvalue weighted by molar-refractivity contribution is 7.80. The Hall–Kier alpha value is -1.79. The first kappa shape index (κ1) is 12.7. The number of anilines is 2. The third-order valence-electron chi connectivity index (χ3n) is 2.08. The van der Waals surface area contributed by atoms with Gasteiger partial charge in [0, 0.05) is 11.9 Å². The van der Waals surface area contributed by atoms with E-state index in [1.54, 1.807) is 12.1 Å². The van der Waals surface area contributed by atoms with E-state index in [0.717, 1.165) is 0 Å². The highest BCUT2D eigenvalue weighted by atomic mass is 35.5. The number of hydrogen-bond donors (Lipinski definition) is 2. The van der Waals surface area contributed by atoms with Crippen LogP contribution < -0.4 is 11.1 Å². The number of nitrogens with two attached hydrogens (primary N) is 1. The van der Waals surface area contributed by atoms with Gasteiger partial charge in [-0.2, -0.15) is 0 Å². The second kappa shape index (κ2) is 5.24. The molecule has 2 rings (SSSR count). The Bertz CT molecular complexity index is 605. The summed E-state index contributed by atoms with van der Waals surface area (Å²) >= 11 is 10.4. The number of rotatable bonds is 3. The quantitative estimate of drug-likeness (QED) is 0.848. The van der Waals surface area contributed by atoms with E-state index in [1.807, 2.05) is 0 Å². The number of halogens is 2. The smallest absolute Gasteiger partial charge is 0.227 e. The minimum Gasteiger partial charge on any atom is -0.388 e. The lowest BCUT2D eigenvalue weighted by molar-refractivity contribution is 0.629. The van der Waals surface area contributed by atoms with Crippen LogP contribution in [0, 0.1) is 5.82 Å². The SMILES string of the molecule is NC(=S)c1ccnc(Nc2ccc(Cl)c(F)c2)n1. The first-order chi connectivity index (χ1) is 8.56. The van der Waals surface area contributed by atoms with Gasteiger partial charge in [-0.15, -0.1) is 0 Å². The van der Waals surface area contributed by atoms with Gasteiger partial charge in [-0.25, -0.2) is 14.4 Å². The molecule has 0 aliphatic heterocycles. The van der Waals surface area contributed by atoms with Gasteiger partial charge in [-0.3, -0.25) is 0 Å². The maximum atomic E-state index is 13.2. The van der Waals surface area contributed by atoms with Gasteiger partial charge in [-0.05, 0) is 24.3 Å². The van der Waals surface area contributed by atoms with Crippen LogP contribution in [0.4, 0.5) is 16.0 Å². The number of nitrogens with one attached hydrogen (secondary N) is 1. The zero-order chi connectivity index (χ0) is 13.1. The van der Waals surface area contributed by atoms with E-state index >= 15 is 0 Å². The van der Waals surface area contributed by atoms with Crippen LogP contribution >= 0.6 is 23.8 Å². The molecule has 0 radical (unpaired) electrons. The summed E-state index contributed by atoms with van der Waals surface area (Å²) in [5.74, 6) is -0.241. The van der Waals surface area contributed by atoms with E-state index in [1.165, 1.54) is 18.3 Å². The number of aromatic nitrogens is 2. The normalized spacial score (nSPS) is 10.1. The van der Waals surface area contributed by atoms with E-state index in [0.29, 0.717) is 11.4 Å². The lowest BCUT2D eigenvalue weighted by Crippen LogP contribution is -2.12. The van der Waals surface area contributed by atoms with Crippen molar-refractivity contribution < 1.29 is 4.39 Å². The van der Waals surface area contributed by atoms with Gasteiger partial charge in [0.2, 0.25) is 5.95 Å². The summed E-state index contributed by atoms with van der Waals surface area (Å²) in [6.45, 7) is 0. The Labute approximate surface area is 113 Å². The van der Waals surface area contributed by atoms with E-state index in [4.69, 9.17) is 29.6 Å². The van der Waals surface area contributed by atoms with Gasteiger partial charge >= 0.3 is 0 Å². The zero-order valence-corrected chi connectivity index (χ0v) is 10.6. The topological polar surface area (TPSA) is 63.8 Å². The largest absolute Gasteiger partial charge is 0.388 e. The predicted octanol–water partition coefficient (Wildman–Crippen LogP) is 2.65. The van der Waals surface area contributed by atoms with Gasteiger partial charge in [0.1, 0.15) is 16.5 Å². The van der Waals surface area contributed by atoms with Gasteiger partial charge < -0.3 is 11.1 Å². The molecule has 0 saturated heterocycles. The monoisotopic (exact) mass is 282 g/mol. The number of benzene rings is 1. The average Bonchev–Trinajstić information content (AvgIpc) is 2.34. The van der Waals surface area contributed by atoms with E-state index in [9.17, 15) is 4.39 Å². The van der Waals surface area contributed by atoms with Gasteiger partial charge in [0.05, 0.1) is 5.02 Å². The molecule has 92 valence electrons. The molecule has 7 heteroatoms. The second-order valence-corrected chi connectivity index (χ2v) is 4.23. The molecule has 1 aromatic carbocycles. The molecule has 4 nitrogen and oxygen atoms in total. The van der Waals surface area contributed by atoms with Crippen LogP contribution in [0.15, 0.2) is 30.5 Å². The van der Waals surface area contributed by atoms with Crippen LogP contribution in [0.1, 0.15) is 5.69 Å². The molecular formula is C11H8ClFN4S. The van der Waals surface area contributed by atoms with Crippen molar-refractivity contribution >= 4 is 40.4 Å². The molecule has 0 bridgehead atoms. The van der Waals surface area contributed by atoms with Gasteiger partial charge in [-0.1, -0.05) is 23.8 Å². The van der Waals surface area contributed by atoms with E-state index < -0.39 is 5.82 Å². The Balaban J connectivity index is 2.25. The van der Waals surface area contributed by atoms with Crippen LogP contribution in [0.5, 0.6) is 0 Å². The maximum absolute atomic E-state index is 13.2. The van der Waals surface area contributed by atoms with Crippen molar-refractivity contribution in [3.05, 3.63) is 47.0 Å². The number of thiocarbonyl (C=S) groups is 1. The van der Waals surface area contributed by atoms with Crippen molar-refractivity contribution in [1.82, 2.24) is 9.97 Å². The Morgan fingerprint density at radius 2 is 2.17 bits per heavy atom. The van der Waals surface area contributed by atoms with Crippen molar-refractivity contribution in [2.24, 2.45) is 5.73 Å². The molecule has 3 N–H and O–H groups in total. The van der Waals surface area contributed by atoms with Crippen LogP contribution in [-0.2, 0) is 0 Å². The summed E-state index contributed by atoms with van der Waals surface area (Å²) in [5, 5.41) is 2.89. The molecule has 0 unspecified atom stereocenters. The maximum Gasteiger partial charge on any atom is 0.227 e. The molecule has 2 aromatic rings. The van der Waals surface area contributed by atoms with Gasteiger partial charge in [0.25, 0.3) is 0 Å². The van der Waals surface area contributed by atoms with Crippen molar-refractivity contribution in [3.63, 3.8) is 0 Å². The second-order valence-electron chi connectivity index (χ2n) is 3.38. The summed E-state index contributed by atoms with van der Waals surface area (Å²) in [7, 11) is 0. The summed E-state index contributed by atoms with van der Waals surface area (Å²) < 4.78 is 13.2. The molecule has 0 spiro atoms. The highest BCUT2D eigenvalue weighted by Crippen LogP contribution is 2.20. The minimum atomic E-state index is -0.521. The van der Waals surface area contributed by atoms with Crippen LogP contribution in [0.3, 0.4) is 0 Å². The van der Waals surface area contributed by atoms with Crippen molar-refractivity contribution in [2.45, 2.75) is 0 Å². The van der Waals surface area contributed by atoms with E-state index in [2.05, 4.69) is 15.3 Å².